The number of rotatable bonds is 3. The highest BCUT2D eigenvalue weighted by Gasteiger charge is 2.23. The van der Waals surface area contributed by atoms with Crippen molar-refractivity contribution in [1.29, 1.82) is 0 Å². The molecule has 2 N–H and O–H groups in total. The van der Waals surface area contributed by atoms with E-state index >= 15 is 0 Å². The summed E-state index contributed by atoms with van der Waals surface area (Å²) in [7, 11) is 0. The van der Waals surface area contributed by atoms with Crippen molar-refractivity contribution in [1.82, 2.24) is 9.55 Å². The summed E-state index contributed by atoms with van der Waals surface area (Å²) in [4.78, 5) is 4.79. The zero-order valence-electron chi connectivity index (χ0n) is 12.1. The van der Waals surface area contributed by atoms with Gasteiger partial charge in [0.2, 0.25) is 0 Å². The third-order valence-corrected chi connectivity index (χ3v) is 3.91. The molecule has 0 amide bonds. The summed E-state index contributed by atoms with van der Waals surface area (Å²) in [6.45, 7) is 5.84. The lowest BCUT2D eigenvalue weighted by molar-refractivity contribution is 0.340. The predicted octanol–water partition coefficient (Wildman–Crippen LogP) is 3.43. The second kappa shape index (κ2) is 5.19. The Morgan fingerprint density at radius 3 is 3.05 bits per heavy atom. The highest BCUT2D eigenvalue weighted by molar-refractivity contribution is 5.72. The van der Waals surface area contributed by atoms with Crippen LogP contribution in [-0.4, -0.2) is 16.2 Å². The Kier molecular flexibility index (Phi) is 3.38. The van der Waals surface area contributed by atoms with E-state index in [2.05, 4.69) is 11.5 Å². The Morgan fingerprint density at radius 2 is 2.30 bits per heavy atom. The van der Waals surface area contributed by atoms with E-state index in [1.165, 1.54) is 12.8 Å². The van der Waals surface area contributed by atoms with Crippen molar-refractivity contribution in [3.05, 3.63) is 30.1 Å². The number of fused-ring (bicyclic) bond motifs is 1. The van der Waals surface area contributed by atoms with Gasteiger partial charge < -0.3 is 15.0 Å². The number of nitrogen functional groups attached to an aromatic ring is 1. The summed E-state index contributed by atoms with van der Waals surface area (Å²) in [6.07, 6.45) is 2.36. The fourth-order valence-corrected chi connectivity index (χ4v) is 2.89. The number of nitrogens with two attached hydrogens (primary N) is 1. The van der Waals surface area contributed by atoms with Gasteiger partial charge in [-0.25, -0.2) is 4.98 Å². The average molecular weight is 271 g/mol. The third kappa shape index (κ3) is 2.15. The first-order chi connectivity index (χ1) is 9.70. The predicted molar refractivity (Wildman–Crippen MR) is 80.9 cm³/mol. The molecule has 106 valence electrons. The van der Waals surface area contributed by atoms with Crippen LogP contribution in [0.1, 0.15) is 38.4 Å². The highest BCUT2D eigenvalue weighted by Crippen LogP contribution is 2.35. The number of hydrogen-bond acceptors (Lipinski definition) is 3. The third-order valence-electron chi connectivity index (χ3n) is 3.91. The van der Waals surface area contributed by atoms with Gasteiger partial charge in [0.15, 0.2) is 0 Å². The molecule has 0 saturated heterocycles. The van der Waals surface area contributed by atoms with Crippen LogP contribution in [-0.2, 0) is 6.54 Å². The van der Waals surface area contributed by atoms with Crippen LogP contribution in [0.4, 0.5) is 5.82 Å². The zero-order valence-corrected chi connectivity index (χ0v) is 12.1. The number of imidazole rings is 1. The van der Waals surface area contributed by atoms with Crippen LogP contribution in [0.15, 0.2) is 24.3 Å². The summed E-state index contributed by atoms with van der Waals surface area (Å²) in [5, 5.41) is 0. The van der Waals surface area contributed by atoms with E-state index in [1.807, 2.05) is 31.2 Å². The Bertz CT molecular complexity index is 618. The minimum atomic E-state index is 0.481. The molecule has 1 aromatic carbocycles. The molecule has 1 unspecified atom stereocenters. The smallest absolute Gasteiger partial charge is 0.131 e. The summed E-state index contributed by atoms with van der Waals surface area (Å²) in [5.41, 5.74) is 8.22. The number of ether oxygens (including phenoxy) is 1. The molecular formula is C16H21N3O. The van der Waals surface area contributed by atoms with Crippen molar-refractivity contribution in [3.8, 4) is 17.0 Å². The lowest BCUT2D eigenvalue weighted by atomic mass is 10.0. The number of anilines is 1. The molecule has 4 nitrogen and oxygen atoms in total. The van der Waals surface area contributed by atoms with Crippen molar-refractivity contribution in [3.63, 3.8) is 0 Å². The largest absolute Gasteiger partial charge is 0.494 e. The van der Waals surface area contributed by atoms with Crippen LogP contribution in [0.5, 0.6) is 5.75 Å². The van der Waals surface area contributed by atoms with Crippen LogP contribution in [0.2, 0.25) is 0 Å². The minimum Gasteiger partial charge on any atom is -0.494 e. The molecule has 0 bridgehead atoms. The molecule has 4 heteroatoms. The zero-order chi connectivity index (χ0) is 14.1. The van der Waals surface area contributed by atoms with E-state index in [1.54, 1.807) is 0 Å². The van der Waals surface area contributed by atoms with Crippen molar-refractivity contribution in [2.45, 2.75) is 39.2 Å². The van der Waals surface area contributed by atoms with Gasteiger partial charge >= 0.3 is 0 Å². The fourth-order valence-electron chi connectivity index (χ4n) is 2.89. The van der Waals surface area contributed by atoms with Crippen LogP contribution in [0, 0.1) is 0 Å². The first-order valence-corrected chi connectivity index (χ1v) is 7.29. The molecular weight excluding hydrogens is 250 g/mol. The second-order valence-electron chi connectivity index (χ2n) is 5.36. The lowest BCUT2D eigenvalue weighted by Gasteiger charge is -2.20. The van der Waals surface area contributed by atoms with Crippen molar-refractivity contribution in [2.24, 2.45) is 0 Å². The molecule has 0 aliphatic carbocycles. The van der Waals surface area contributed by atoms with Gasteiger partial charge in [-0.2, -0.15) is 0 Å². The molecule has 0 fully saturated rings. The molecule has 3 rings (SSSR count). The maximum atomic E-state index is 6.30. The standard InChI is InChI=1S/C16H21N3O/c1-3-20-13-8-4-7-12(10-13)14-15(17)19-9-5-6-11(2)16(19)18-14/h4,7-8,10-11H,3,5-6,9,17H2,1-2H3. The second-order valence-corrected chi connectivity index (χ2v) is 5.36. The van der Waals surface area contributed by atoms with Crippen molar-refractivity contribution < 1.29 is 4.74 Å². The molecule has 2 aromatic rings. The van der Waals surface area contributed by atoms with E-state index in [4.69, 9.17) is 15.5 Å². The summed E-state index contributed by atoms with van der Waals surface area (Å²) < 4.78 is 7.72. The molecule has 0 spiro atoms. The molecule has 1 aliphatic rings. The Morgan fingerprint density at radius 1 is 1.45 bits per heavy atom. The number of benzene rings is 1. The summed E-state index contributed by atoms with van der Waals surface area (Å²) in [6, 6.07) is 8.00. The van der Waals surface area contributed by atoms with Gasteiger partial charge in [0.05, 0.1) is 6.61 Å². The van der Waals surface area contributed by atoms with Gasteiger partial charge in [-0.1, -0.05) is 19.1 Å². The van der Waals surface area contributed by atoms with E-state index in [-0.39, 0.29) is 0 Å². The number of aromatic nitrogens is 2. The van der Waals surface area contributed by atoms with Gasteiger partial charge in [-0.15, -0.1) is 0 Å². The van der Waals surface area contributed by atoms with Gasteiger partial charge in [0, 0.05) is 18.0 Å². The summed E-state index contributed by atoms with van der Waals surface area (Å²) in [5.74, 6) is 3.24. The monoisotopic (exact) mass is 271 g/mol. The SMILES string of the molecule is CCOc1cccc(-c2nc3n(c2N)CCCC3C)c1. The quantitative estimate of drug-likeness (QED) is 0.930. The lowest BCUT2D eigenvalue weighted by Crippen LogP contribution is -2.15. The molecule has 1 aromatic heterocycles. The van der Waals surface area contributed by atoms with Gasteiger partial charge in [-0.05, 0) is 31.9 Å². The summed E-state index contributed by atoms with van der Waals surface area (Å²) >= 11 is 0. The number of hydrogen-bond donors (Lipinski definition) is 1. The van der Waals surface area contributed by atoms with E-state index < -0.39 is 0 Å². The van der Waals surface area contributed by atoms with Crippen molar-refractivity contribution >= 4 is 5.82 Å². The normalized spacial score (nSPS) is 17.8. The minimum absolute atomic E-state index is 0.481. The van der Waals surface area contributed by atoms with Crippen LogP contribution in [0.25, 0.3) is 11.3 Å². The van der Waals surface area contributed by atoms with Crippen LogP contribution in [0.3, 0.4) is 0 Å². The first-order valence-electron chi connectivity index (χ1n) is 7.29. The van der Waals surface area contributed by atoms with Crippen LogP contribution < -0.4 is 10.5 Å². The maximum absolute atomic E-state index is 6.30. The van der Waals surface area contributed by atoms with E-state index in [0.717, 1.165) is 35.2 Å². The molecule has 0 radical (unpaired) electrons. The van der Waals surface area contributed by atoms with E-state index in [0.29, 0.717) is 12.5 Å². The highest BCUT2D eigenvalue weighted by atomic mass is 16.5. The fraction of sp³-hybridized carbons (Fsp3) is 0.438. The van der Waals surface area contributed by atoms with Gasteiger partial charge in [0.25, 0.3) is 0 Å². The van der Waals surface area contributed by atoms with Gasteiger partial charge in [0.1, 0.15) is 23.1 Å². The van der Waals surface area contributed by atoms with E-state index in [9.17, 15) is 0 Å². The van der Waals surface area contributed by atoms with Crippen LogP contribution >= 0.6 is 0 Å². The number of nitrogens with zero attached hydrogens (tertiary/aromatic N) is 2. The molecule has 1 aliphatic heterocycles. The van der Waals surface area contributed by atoms with Gasteiger partial charge in [-0.3, -0.25) is 0 Å². The Labute approximate surface area is 119 Å². The topological polar surface area (TPSA) is 53.1 Å². The molecule has 1 atom stereocenters. The molecule has 20 heavy (non-hydrogen) atoms. The molecule has 2 heterocycles. The maximum Gasteiger partial charge on any atom is 0.131 e. The van der Waals surface area contributed by atoms with Crippen molar-refractivity contribution in [2.75, 3.05) is 12.3 Å². The molecule has 0 saturated carbocycles. The average Bonchev–Trinajstić information content (AvgIpc) is 2.79. The Balaban J connectivity index is 2.04. The first kappa shape index (κ1) is 13.0. The Hall–Kier alpha value is -1.97.